The van der Waals surface area contributed by atoms with Gasteiger partial charge in [-0.25, -0.2) is 0 Å². The molecule has 266 valence electrons. The third-order valence-corrected chi connectivity index (χ3v) is 11.2. The largest absolute Gasteiger partial charge is 0.308 e. The van der Waals surface area contributed by atoms with Crippen molar-refractivity contribution in [3.8, 4) is 51.0 Å². The molecule has 10 rings (SSSR count). The Hall–Kier alpha value is -7.22. The summed E-state index contributed by atoms with van der Waals surface area (Å²) in [5, 5.41) is 16.1. The lowest BCUT2D eigenvalue weighted by Gasteiger charge is -2.19. The van der Waals surface area contributed by atoms with Gasteiger partial charge in [-0.1, -0.05) is 101 Å². The zero-order valence-electron chi connectivity index (χ0n) is 31.8. The molecule has 10 aromatic rings. The van der Waals surface area contributed by atoms with Crippen LogP contribution in [-0.2, 0) is 0 Å². The van der Waals surface area contributed by atoms with Crippen LogP contribution in [0.2, 0.25) is 0 Å². The summed E-state index contributed by atoms with van der Waals surface area (Å²) in [6, 6.07) is 56.9. The Morgan fingerprint density at radius 3 is 1.38 bits per heavy atom. The van der Waals surface area contributed by atoms with Gasteiger partial charge in [0.05, 0.1) is 39.1 Å². The Kier molecular flexibility index (Phi) is 7.73. The summed E-state index contributed by atoms with van der Waals surface area (Å²) in [7, 11) is 0. The lowest BCUT2D eigenvalue weighted by molar-refractivity contribution is 1.12. The highest BCUT2D eigenvalue weighted by atomic mass is 15.0. The third-order valence-electron chi connectivity index (χ3n) is 11.2. The smallest absolute Gasteiger partial charge is 0.104 e. The van der Waals surface area contributed by atoms with Crippen molar-refractivity contribution >= 4 is 43.6 Å². The first-order valence-electron chi connectivity index (χ1n) is 19.1. The van der Waals surface area contributed by atoms with E-state index in [9.17, 15) is 5.26 Å². The maximum Gasteiger partial charge on any atom is 0.104 e. The van der Waals surface area contributed by atoms with Crippen molar-refractivity contribution in [3.63, 3.8) is 0 Å². The molecule has 0 amide bonds. The van der Waals surface area contributed by atoms with Crippen LogP contribution in [-0.4, -0.2) is 14.1 Å². The summed E-state index contributed by atoms with van der Waals surface area (Å²) in [6.45, 7) is 8.56. The highest BCUT2D eigenvalue weighted by Gasteiger charge is 2.24. The van der Waals surface area contributed by atoms with Gasteiger partial charge in [0.1, 0.15) is 11.6 Å². The van der Waals surface area contributed by atoms with E-state index in [0.29, 0.717) is 5.56 Å². The molecule has 0 aliphatic rings. The van der Waals surface area contributed by atoms with Gasteiger partial charge in [-0.05, 0) is 117 Å². The molecule has 4 heteroatoms. The molecule has 0 aliphatic carbocycles. The molecule has 0 fully saturated rings. The molecule has 0 bridgehead atoms. The van der Waals surface area contributed by atoms with Gasteiger partial charge < -0.3 is 9.13 Å². The molecule has 3 aromatic heterocycles. The quantitative estimate of drug-likeness (QED) is 0.178. The summed E-state index contributed by atoms with van der Waals surface area (Å²) >= 11 is 0. The molecular formula is C52H38N4. The Morgan fingerprint density at radius 1 is 0.429 bits per heavy atom. The van der Waals surface area contributed by atoms with Gasteiger partial charge in [0.25, 0.3) is 0 Å². The maximum atomic E-state index is 11.4. The molecule has 0 spiro atoms. The molecule has 0 radical (unpaired) electrons. The van der Waals surface area contributed by atoms with Crippen LogP contribution in [0.4, 0.5) is 0 Å². The average Bonchev–Trinajstić information content (AvgIpc) is 3.71. The van der Waals surface area contributed by atoms with E-state index in [1.165, 1.54) is 43.8 Å². The van der Waals surface area contributed by atoms with E-state index >= 15 is 0 Å². The highest BCUT2D eigenvalue weighted by molar-refractivity contribution is 6.12. The van der Waals surface area contributed by atoms with E-state index in [0.717, 1.165) is 67.0 Å². The predicted molar refractivity (Wildman–Crippen MR) is 233 cm³/mol. The molecule has 0 atom stereocenters. The molecule has 4 nitrogen and oxygen atoms in total. The van der Waals surface area contributed by atoms with Crippen molar-refractivity contribution in [2.75, 3.05) is 0 Å². The van der Waals surface area contributed by atoms with Crippen LogP contribution in [0.25, 0.3) is 88.5 Å². The summed E-state index contributed by atoms with van der Waals surface area (Å²) in [6.07, 6.45) is 1.87. The van der Waals surface area contributed by atoms with E-state index < -0.39 is 0 Å². The van der Waals surface area contributed by atoms with Crippen molar-refractivity contribution in [1.82, 2.24) is 14.1 Å². The number of pyridine rings is 1. The number of benzene rings is 7. The van der Waals surface area contributed by atoms with E-state index in [4.69, 9.17) is 4.98 Å². The SMILES string of the molecule is Cc1ccc2c(c1)c1cc(C)ccc1n2-c1cc(-c2cccnc2-c2cccc(-c3ccccc3)c2)cc(-n2c3ccc(C)cc3c3cc(C)ccc32)c1C#N. The van der Waals surface area contributed by atoms with Gasteiger partial charge in [-0.15, -0.1) is 0 Å². The number of fused-ring (bicyclic) bond motifs is 6. The van der Waals surface area contributed by atoms with Crippen molar-refractivity contribution in [1.29, 1.82) is 5.26 Å². The Bertz CT molecular complexity index is 2980. The van der Waals surface area contributed by atoms with Crippen molar-refractivity contribution < 1.29 is 0 Å². The Labute approximate surface area is 326 Å². The molecule has 0 saturated heterocycles. The normalized spacial score (nSPS) is 11.6. The van der Waals surface area contributed by atoms with E-state index in [1.807, 2.05) is 18.3 Å². The van der Waals surface area contributed by atoms with Crippen LogP contribution in [0.1, 0.15) is 27.8 Å². The molecule has 7 aromatic carbocycles. The van der Waals surface area contributed by atoms with Crippen LogP contribution in [0.3, 0.4) is 0 Å². The molecule has 0 aliphatic heterocycles. The van der Waals surface area contributed by atoms with Gasteiger partial charge in [0.15, 0.2) is 0 Å². The minimum atomic E-state index is 0.602. The highest BCUT2D eigenvalue weighted by Crippen LogP contribution is 2.42. The van der Waals surface area contributed by atoms with Gasteiger partial charge in [-0.3, -0.25) is 4.98 Å². The Balaban J connectivity index is 1.33. The average molecular weight is 719 g/mol. The van der Waals surface area contributed by atoms with Crippen LogP contribution >= 0.6 is 0 Å². The summed E-state index contributed by atoms with van der Waals surface area (Å²) in [4.78, 5) is 5.05. The summed E-state index contributed by atoms with van der Waals surface area (Å²) in [5.74, 6) is 0. The number of aromatic nitrogens is 3. The first kappa shape index (κ1) is 33.4. The second kappa shape index (κ2) is 13.0. The summed E-state index contributed by atoms with van der Waals surface area (Å²) < 4.78 is 4.59. The minimum absolute atomic E-state index is 0.602. The fourth-order valence-electron chi connectivity index (χ4n) is 8.60. The van der Waals surface area contributed by atoms with E-state index in [-0.39, 0.29) is 0 Å². The van der Waals surface area contributed by atoms with Crippen LogP contribution in [0.5, 0.6) is 0 Å². The first-order chi connectivity index (χ1) is 27.4. The topological polar surface area (TPSA) is 46.5 Å². The number of nitriles is 1. The van der Waals surface area contributed by atoms with Gasteiger partial charge in [0.2, 0.25) is 0 Å². The zero-order chi connectivity index (χ0) is 38.1. The van der Waals surface area contributed by atoms with Crippen LogP contribution < -0.4 is 0 Å². The lowest BCUT2D eigenvalue weighted by atomic mass is 9.94. The fourth-order valence-corrected chi connectivity index (χ4v) is 8.60. The predicted octanol–water partition coefficient (Wildman–Crippen LogP) is 13.4. The molecule has 56 heavy (non-hydrogen) atoms. The second-order valence-electron chi connectivity index (χ2n) is 15.1. The van der Waals surface area contributed by atoms with Gasteiger partial charge >= 0.3 is 0 Å². The summed E-state index contributed by atoms with van der Waals surface area (Å²) in [5.41, 5.74) is 17.5. The van der Waals surface area contributed by atoms with Crippen molar-refractivity contribution in [2.24, 2.45) is 0 Å². The molecule has 3 heterocycles. The van der Waals surface area contributed by atoms with Crippen molar-refractivity contribution in [3.05, 3.63) is 186 Å². The number of rotatable bonds is 5. The first-order valence-corrected chi connectivity index (χ1v) is 19.1. The Morgan fingerprint density at radius 2 is 0.893 bits per heavy atom. The number of aryl methyl sites for hydroxylation is 4. The minimum Gasteiger partial charge on any atom is -0.308 e. The zero-order valence-corrected chi connectivity index (χ0v) is 31.8. The molecule has 0 N–H and O–H groups in total. The lowest BCUT2D eigenvalue weighted by Crippen LogP contribution is -2.05. The van der Waals surface area contributed by atoms with E-state index in [1.54, 1.807) is 0 Å². The second-order valence-corrected chi connectivity index (χ2v) is 15.1. The van der Waals surface area contributed by atoms with Crippen LogP contribution in [0, 0.1) is 39.0 Å². The van der Waals surface area contributed by atoms with Crippen molar-refractivity contribution in [2.45, 2.75) is 27.7 Å². The number of hydrogen-bond donors (Lipinski definition) is 0. The standard InChI is InChI=1S/C52H38N4/c1-32-15-19-46-41(24-32)42-25-33(2)16-20-47(42)55(46)50-29-39(40-14-9-23-54-52(40)38-13-8-12-37(28-38)36-10-6-5-7-11-36)30-51(45(50)31-53)56-48-21-17-34(3)26-43(48)44-27-35(4)18-22-49(44)56/h5-30H,1-4H3. The van der Waals surface area contributed by atoms with Gasteiger partial charge in [-0.2, -0.15) is 5.26 Å². The number of nitrogens with zero attached hydrogens (tertiary/aromatic N) is 4. The fraction of sp³-hybridized carbons (Fsp3) is 0.0769. The third kappa shape index (κ3) is 5.32. The molecular weight excluding hydrogens is 681 g/mol. The van der Waals surface area contributed by atoms with Crippen LogP contribution in [0.15, 0.2) is 158 Å². The molecule has 0 unspecified atom stereocenters. The molecule has 0 saturated carbocycles. The maximum absolute atomic E-state index is 11.4. The number of hydrogen-bond acceptors (Lipinski definition) is 2. The van der Waals surface area contributed by atoms with E-state index in [2.05, 4.69) is 182 Å². The monoisotopic (exact) mass is 718 g/mol. The van der Waals surface area contributed by atoms with Gasteiger partial charge in [0, 0.05) is 38.9 Å².